The Balaban J connectivity index is 1.75. The number of fused-ring (bicyclic) bond motifs is 1. The molecule has 2 aromatic heterocycles. The lowest BCUT2D eigenvalue weighted by molar-refractivity contribution is -0.114. The number of carbonyl (C=O) groups excluding carboxylic acids is 1. The van der Waals surface area contributed by atoms with Crippen LogP contribution in [0.1, 0.15) is 0 Å². The Morgan fingerprint density at radius 2 is 2.00 bits per heavy atom. The molecule has 0 saturated carbocycles. The number of nitrogens with one attached hydrogen (secondary N) is 1. The van der Waals surface area contributed by atoms with E-state index in [2.05, 4.69) is 14.8 Å². The van der Waals surface area contributed by atoms with E-state index in [-0.39, 0.29) is 5.91 Å². The number of hydrogen-bond acceptors (Lipinski definition) is 4. The fourth-order valence-corrected chi connectivity index (χ4v) is 3.18. The molecule has 1 aromatic carbocycles. The van der Waals surface area contributed by atoms with Crippen molar-refractivity contribution < 1.29 is 9.00 Å². The van der Waals surface area contributed by atoms with Crippen LogP contribution in [0.25, 0.3) is 26.9 Å². The number of rotatable bonds is 2. The molecule has 108 valence electrons. The Morgan fingerprint density at radius 1 is 1.09 bits per heavy atom. The average Bonchev–Trinajstić information content (AvgIpc) is 3.13. The molecule has 3 aromatic rings. The van der Waals surface area contributed by atoms with Crippen LogP contribution < -0.4 is 4.72 Å². The van der Waals surface area contributed by atoms with Crippen LogP contribution in [0.2, 0.25) is 0 Å². The molecule has 0 aliphatic carbocycles. The van der Waals surface area contributed by atoms with Crippen LogP contribution >= 0.6 is 0 Å². The molecule has 0 radical (unpaired) electrons. The first-order valence-electron chi connectivity index (χ1n) is 6.54. The predicted octanol–water partition coefficient (Wildman–Crippen LogP) is 1.69. The second kappa shape index (κ2) is 4.88. The first kappa shape index (κ1) is 12.9. The lowest BCUT2D eigenvalue weighted by atomic mass is 10.1. The molecule has 0 spiro atoms. The minimum Gasteiger partial charge on any atom is -0.269 e. The highest BCUT2D eigenvalue weighted by molar-refractivity contribution is 7.93. The summed E-state index contributed by atoms with van der Waals surface area (Å²) in [6.07, 6.45) is 8.28. The van der Waals surface area contributed by atoms with Crippen molar-refractivity contribution >= 4 is 32.7 Å². The van der Waals surface area contributed by atoms with Gasteiger partial charge in [0.1, 0.15) is 0 Å². The first-order chi connectivity index (χ1) is 10.7. The molecule has 7 heteroatoms. The van der Waals surface area contributed by atoms with Gasteiger partial charge in [0.15, 0.2) is 16.0 Å². The lowest BCUT2D eigenvalue weighted by Crippen LogP contribution is -2.17. The fraction of sp³-hybridized carbons (Fsp3) is 0. The number of pyridine rings is 1. The molecule has 1 aliphatic heterocycles. The fourth-order valence-electron chi connectivity index (χ4n) is 2.35. The predicted molar refractivity (Wildman–Crippen MR) is 83.5 cm³/mol. The Kier molecular flexibility index (Phi) is 2.87. The van der Waals surface area contributed by atoms with Gasteiger partial charge in [0.25, 0.3) is 5.91 Å². The Morgan fingerprint density at radius 3 is 2.82 bits per heavy atom. The SMILES string of the molecule is O=C1C=C(n2cc(-c3ccc4ccncc4c3)cn2)S(=O)N1. The van der Waals surface area contributed by atoms with Crippen molar-refractivity contribution in [1.29, 1.82) is 0 Å². The van der Waals surface area contributed by atoms with E-state index in [1.807, 2.05) is 24.3 Å². The van der Waals surface area contributed by atoms with E-state index in [1.165, 1.54) is 10.8 Å². The molecule has 0 saturated heterocycles. The van der Waals surface area contributed by atoms with Gasteiger partial charge in [-0.05, 0) is 23.1 Å². The monoisotopic (exact) mass is 310 g/mol. The zero-order valence-corrected chi connectivity index (χ0v) is 12.1. The number of benzene rings is 1. The van der Waals surface area contributed by atoms with E-state index in [1.54, 1.807) is 24.8 Å². The second-order valence-corrected chi connectivity index (χ2v) is 5.99. The van der Waals surface area contributed by atoms with Gasteiger partial charge < -0.3 is 0 Å². The zero-order valence-electron chi connectivity index (χ0n) is 11.3. The van der Waals surface area contributed by atoms with E-state index < -0.39 is 11.0 Å². The summed E-state index contributed by atoms with van der Waals surface area (Å²) in [5, 5.41) is 6.67. The maximum atomic E-state index is 11.7. The summed E-state index contributed by atoms with van der Waals surface area (Å²) < 4.78 is 15.5. The minimum atomic E-state index is -1.55. The van der Waals surface area contributed by atoms with Crippen molar-refractivity contribution in [3.63, 3.8) is 0 Å². The maximum Gasteiger partial charge on any atom is 0.258 e. The molecular formula is C15H10N4O2S. The zero-order chi connectivity index (χ0) is 15.1. The highest BCUT2D eigenvalue weighted by Crippen LogP contribution is 2.25. The van der Waals surface area contributed by atoms with Crippen molar-refractivity contribution in [2.45, 2.75) is 0 Å². The van der Waals surface area contributed by atoms with Crippen LogP contribution in [0.4, 0.5) is 0 Å². The minimum absolute atomic E-state index is 0.332. The third-order valence-electron chi connectivity index (χ3n) is 3.42. The van der Waals surface area contributed by atoms with E-state index in [0.717, 1.165) is 21.9 Å². The van der Waals surface area contributed by atoms with Crippen LogP contribution in [0.5, 0.6) is 0 Å². The Labute approximate surface area is 128 Å². The van der Waals surface area contributed by atoms with E-state index >= 15 is 0 Å². The summed E-state index contributed by atoms with van der Waals surface area (Å²) >= 11 is 0. The topological polar surface area (TPSA) is 76.9 Å². The van der Waals surface area contributed by atoms with Gasteiger partial charge in [0.2, 0.25) is 0 Å². The Hall–Kier alpha value is -2.80. The summed E-state index contributed by atoms with van der Waals surface area (Å²) in [6, 6.07) is 7.98. The number of amides is 1. The molecule has 22 heavy (non-hydrogen) atoms. The van der Waals surface area contributed by atoms with Crippen LogP contribution in [-0.2, 0) is 15.8 Å². The Bertz CT molecular complexity index is 961. The van der Waals surface area contributed by atoms with Gasteiger partial charge >= 0.3 is 0 Å². The summed E-state index contributed by atoms with van der Waals surface area (Å²) in [5.74, 6) is -0.373. The van der Waals surface area contributed by atoms with Crippen molar-refractivity contribution in [2.24, 2.45) is 0 Å². The number of nitrogens with zero attached hydrogens (tertiary/aromatic N) is 3. The molecule has 3 heterocycles. The lowest BCUT2D eigenvalue weighted by Gasteiger charge is -2.01. The normalized spacial score (nSPS) is 17.5. The van der Waals surface area contributed by atoms with Gasteiger partial charge in [-0.3, -0.25) is 14.5 Å². The summed E-state index contributed by atoms with van der Waals surface area (Å²) in [5.41, 5.74) is 1.86. The smallest absolute Gasteiger partial charge is 0.258 e. The molecule has 1 atom stereocenters. The average molecular weight is 310 g/mol. The van der Waals surface area contributed by atoms with Gasteiger partial charge in [0.05, 0.1) is 6.20 Å². The standard InChI is InChI=1S/C15H10N4O2S/c20-14-6-15(22(21)18-14)19-9-13(8-17-19)11-2-1-10-3-4-16-7-12(10)5-11/h1-9H,(H,18,20). The van der Waals surface area contributed by atoms with Crippen molar-refractivity contribution in [1.82, 2.24) is 19.5 Å². The number of carbonyl (C=O) groups is 1. The third-order valence-corrected chi connectivity index (χ3v) is 4.49. The quantitative estimate of drug-likeness (QED) is 0.781. The van der Waals surface area contributed by atoms with E-state index in [9.17, 15) is 9.00 Å². The van der Waals surface area contributed by atoms with Gasteiger partial charge in [-0.15, -0.1) is 0 Å². The molecule has 1 N–H and O–H groups in total. The summed E-state index contributed by atoms with van der Waals surface area (Å²) in [6.45, 7) is 0. The van der Waals surface area contributed by atoms with Crippen LogP contribution in [0.3, 0.4) is 0 Å². The molecule has 6 nitrogen and oxygen atoms in total. The molecule has 1 unspecified atom stereocenters. The highest BCUT2D eigenvalue weighted by Gasteiger charge is 2.21. The second-order valence-electron chi connectivity index (χ2n) is 4.83. The van der Waals surface area contributed by atoms with Crippen molar-refractivity contribution in [2.75, 3.05) is 0 Å². The number of aromatic nitrogens is 3. The van der Waals surface area contributed by atoms with Gasteiger partial charge in [-0.1, -0.05) is 12.1 Å². The number of hydrogen-bond donors (Lipinski definition) is 1. The molecule has 1 aliphatic rings. The third kappa shape index (κ3) is 2.11. The molecule has 1 amide bonds. The summed E-state index contributed by atoms with van der Waals surface area (Å²) in [4.78, 5) is 15.4. The molecule has 4 rings (SSSR count). The van der Waals surface area contributed by atoms with Crippen LogP contribution in [0.15, 0.2) is 55.1 Å². The molecule has 0 fully saturated rings. The van der Waals surface area contributed by atoms with E-state index in [4.69, 9.17) is 0 Å². The van der Waals surface area contributed by atoms with Gasteiger partial charge in [0, 0.05) is 35.6 Å². The van der Waals surface area contributed by atoms with Crippen molar-refractivity contribution in [3.8, 4) is 11.1 Å². The largest absolute Gasteiger partial charge is 0.269 e. The van der Waals surface area contributed by atoms with E-state index in [0.29, 0.717) is 5.03 Å². The molecule has 0 bridgehead atoms. The van der Waals surface area contributed by atoms with Gasteiger partial charge in [-0.25, -0.2) is 8.89 Å². The van der Waals surface area contributed by atoms with Crippen LogP contribution in [-0.4, -0.2) is 24.9 Å². The van der Waals surface area contributed by atoms with Gasteiger partial charge in [-0.2, -0.15) is 5.10 Å². The molecular weight excluding hydrogens is 300 g/mol. The first-order valence-corrected chi connectivity index (χ1v) is 7.69. The summed E-state index contributed by atoms with van der Waals surface area (Å²) in [7, 11) is -1.55. The highest BCUT2D eigenvalue weighted by atomic mass is 32.2. The maximum absolute atomic E-state index is 11.7. The van der Waals surface area contributed by atoms with Crippen molar-refractivity contribution in [3.05, 3.63) is 55.1 Å². The van der Waals surface area contributed by atoms with Crippen LogP contribution in [0, 0.1) is 0 Å².